The quantitative estimate of drug-likeness (QED) is 0.646. The van der Waals surface area contributed by atoms with Crippen LogP contribution in [-0.2, 0) is 0 Å². The van der Waals surface area contributed by atoms with Crippen molar-refractivity contribution in [2.75, 3.05) is 0 Å². The second-order valence-electron chi connectivity index (χ2n) is 3.17. The van der Waals surface area contributed by atoms with Gasteiger partial charge in [-0.05, 0) is 33.9 Å². The molecule has 0 N–H and O–H groups in total. The molecular formula is C9H10N2O. The van der Waals surface area contributed by atoms with Crippen molar-refractivity contribution in [2.45, 2.75) is 19.8 Å². The molecule has 0 amide bonds. The predicted octanol–water partition coefficient (Wildman–Crippen LogP) is 2.35. The lowest BCUT2D eigenvalue weighted by Gasteiger charge is -2.02. The molecule has 1 aromatic carbocycles. The van der Waals surface area contributed by atoms with Gasteiger partial charge < -0.3 is 0 Å². The Morgan fingerprint density at radius 1 is 1.17 bits per heavy atom. The molecule has 0 unspecified atom stereocenters. The molecule has 0 radical (unpaired) electrons. The maximum atomic E-state index is 4.60. The summed E-state index contributed by atoms with van der Waals surface area (Å²) in [6, 6.07) is 5.99. The summed E-state index contributed by atoms with van der Waals surface area (Å²) in [7, 11) is 0. The summed E-state index contributed by atoms with van der Waals surface area (Å²) in [4.78, 5) is 0. The molecule has 0 aliphatic heterocycles. The molecule has 1 aromatic heterocycles. The van der Waals surface area contributed by atoms with Gasteiger partial charge in [0.2, 0.25) is 0 Å². The molecule has 62 valence electrons. The lowest BCUT2D eigenvalue weighted by atomic mass is 10.0. The summed E-state index contributed by atoms with van der Waals surface area (Å²) in [5.74, 6) is 0.520. The molecule has 0 saturated heterocycles. The highest BCUT2D eigenvalue weighted by Crippen LogP contribution is 2.18. The van der Waals surface area contributed by atoms with Crippen molar-refractivity contribution in [3.8, 4) is 0 Å². The van der Waals surface area contributed by atoms with Gasteiger partial charge in [-0.3, -0.25) is 0 Å². The van der Waals surface area contributed by atoms with Crippen molar-refractivity contribution in [3.05, 3.63) is 23.8 Å². The van der Waals surface area contributed by atoms with Crippen LogP contribution in [-0.4, -0.2) is 10.3 Å². The Hall–Kier alpha value is -1.38. The lowest BCUT2D eigenvalue weighted by molar-refractivity contribution is 0.315. The summed E-state index contributed by atoms with van der Waals surface area (Å²) < 4.78 is 4.60. The zero-order valence-corrected chi connectivity index (χ0v) is 7.11. The number of benzene rings is 1. The molecule has 0 bridgehead atoms. The van der Waals surface area contributed by atoms with Crippen molar-refractivity contribution in [1.29, 1.82) is 0 Å². The topological polar surface area (TPSA) is 38.9 Å². The molecule has 0 aliphatic carbocycles. The van der Waals surface area contributed by atoms with Crippen LogP contribution in [0.2, 0.25) is 0 Å². The van der Waals surface area contributed by atoms with Crippen LogP contribution in [0.5, 0.6) is 0 Å². The fourth-order valence-electron chi connectivity index (χ4n) is 1.16. The van der Waals surface area contributed by atoms with E-state index in [0.29, 0.717) is 5.92 Å². The van der Waals surface area contributed by atoms with E-state index in [1.54, 1.807) is 0 Å². The summed E-state index contributed by atoms with van der Waals surface area (Å²) in [6.07, 6.45) is 0. The molecule has 0 aliphatic rings. The molecular weight excluding hydrogens is 152 g/mol. The monoisotopic (exact) mass is 162 g/mol. The Bertz CT molecular complexity index is 392. The van der Waals surface area contributed by atoms with Crippen molar-refractivity contribution in [1.82, 2.24) is 10.3 Å². The minimum Gasteiger partial charge on any atom is -0.243 e. The Kier molecular flexibility index (Phi) is 1.57. The minimum atomic E-state index is 0.520. The number of rotatable bonds is 1. The van der Waals surface area contributed by atoms with Gasteiger partial charge in [0.15, 0.2) is 0 Å². The number of hydrogen-bond acceptors (Lipinski definition) is 3. The Balaban J connectivity index is 2.60. The first-order valence-electron chi connectivity index (χ1n) is 3.99. The predicted molar refractivity (Wildman–Crippen MR) is 45.9 cm³/mol. The second-order valence-corrected chi connectivity index (χ2v) is 3.17. The van der Waals surface area contributed by atoms with E-state index < -0.39 is 0 Å². The fourth-order valence-corrected chi connectivity index (χ4v) is 1.16. The lowest BCUT2D eigenvalue weighted by Crippen LogP contribution is -1.85. The van der Waals surface area contributed by atoms with Gasteiger partial charge in [-0.2, -0.15) is 0 Å². The third-order valence-electron chi connectivity index (χ3n) is 1.94. The molecule has 0 saturated carbocycles. The molecule has 3 heteroatoms. The first-order chi connectivity index (χ1) is 5.77. The number of hydrogen-bond donors (Lipinski definition) is 0. The minimum absolute atomic E-state index is 0.520. The van der Waals surface area contributed by atoms with E-state index >= 15 is 0 Å². The third kappa shape index (κ3) is 1.07. The van der Waals surface area contributed by atoms with Crippen LogP contribution >= 0.6 is 0 Å². The van der Waals surface area contributed by atoms with Crippen molar-refractivity contribution in [3.63, 3.8) is 0 Å². The molecule has 0 spiro atoms. The number of fused-ring (bicyclic) bond motifs is 1. The van der Waals surface area contributed by atoms with Gasteiger partial charge in [-0.15, -0.1) is 0 Å². The van der Waals surface area contributed by atoms with Crippen LogP contribution in [0.25, 0.3) is 11.0 Å². The first-order valence-corrected chi connectivity index (χ1v) is 3.99. The molecule has 1 heterocycles. The standard InChI is InChI=1S/C9H10N2O/c1-6(2)7-3-4-8-9(5-7)11-12-10-8/h3-6H,1-2H3. The zero-order valence-electron chi connectivity index (χ0n) is 7.11. The number of nitrogens with zero attached hydrogens (tertiary/aromatic N) is 2. The highest BCUT2D eigenvalue weighted by atomic mass is 16.6. The summed E-state index contributed by atoms with van der Waals surface area (Å²) in [6.45, 7) is 4.29. The first kappa shape index (κ1) is 7.28. The summed E-state index contributed by atoms with van der Waals surface area (Å²) in [5.41, 5.74) is 2.92. The molecule has 0 fully saturated rings. The van der Waals surface area contributed by atoms with E-state index in [1.165, 1.54) is 5.56 Å². The van der Waals surface area contributed by atoms with Crippen LogP contribution in [0.4, 0.5) is 0 Å². The maximum Gasteiger partial charge on any atom is 0.135 e. The fraction of sp³-hybridized carbons (Fsp3) is 0.333. The van der Waals surface area contributed by atoms with Gasteiger partial charge >= 0.3 is 0 Å². The smallest absolute Gasteiger partial charge is 0.135 e. The van der Waals surface area contributed by atoms with Crippen LogP contribution in [0.3, 0.4) is 0 Å². The van der Waals surface area contributed by atoms with Crippen LogP contribution in [0.15, 0.2) is 22.8 Å². The van der Waals surface area contributed by atoms with Gasteiger partial charge in [0.1, 0.15) is 11.0 Å². The van der Waals surface area contributed by atoms with E-state index in [-0.39, 0.29) is 0 Å². The summed E-state index contributed by atoms with van der Waals surface area (Å²) in [5, 5.41) is 7.51. The summed E-state index contributed by atoms with van der Waals surface area (Å²) >= 11 is 0. The van der Waals surface area contributed by atoms with Crippen LogP contribution in [0.1, 0.15) is 25.3 Å². The Morgan fingerprint density at radius 2 is 1.92 bits per heavy atom. The van der Waals surface area contributed by atoms with Gasteiger partial charge in [0.25, 0.3) is 0 Å². The molecule has 2 aromatic rings. The molecule has 2 rings (SSSR count). The number of aromatic nitrogens is 2. The van der Waals surface area contributed by atoms with Gasteiger partial charge in [0.05, 0.1) is 0 Å². The van der Waals surface area contributed by atoms with E-state index in [9.17, 15) is 0 Å². The van der Waals surface area contributed by atoms with E-state index in [4.69, 9.17) is 0 Å². The van der Waals surface area contributed by atoms with E-state index in [2.05, 4.69) is 34.9 Å². The van der Waals surface area contributed by atoms with Crippen LogP contribution < -0.4 is 0 Å². The Labute approximate surface area is 70.3 Å². The highest BCUT2D eigenvalue weighted by Gasteiger charge is 2.03. The van der Waals surface area contributed by atoms with Crippen LogP contribution in [0, 0.1) is 0 Å². The van der Waals surface area contributed by atoms with Gasteiger partial charge in [-0.1, -0.05) is 19.9 Å². The normalized spacial score (nSPS) is 11.2. The van der Waals surface area contributed by atoms with Gasteiger partial charge in [0, 0.05) is 0 Å². The van der Waals surface area contributed by atoms with Crippen molar-refractivity contribution >= 4 is 11.0 Å². The molecule has 0 atom stereocenters. The van der Waals surface area contributed by atoms with E-state index in [0.717, 1.165) is 11.0 Å². The van der Waals surface area contributed by atoms with Gasteiger partial charge in [-0.25, -0.2) is 4.63 Å². The average molecular weight is 162 g/mol. The third-order valence-corrected chi connectivity index (χ3v) is 1.94. The second kappa shape index (κ2) is 2.59. The average Bonchev–Trinajstić information content (AvgIpc) is 2.49. The Morgan fingerprint density at radius 3 is 2.67 bits per heavy atom. The molecule has 3 nitrogen and oxygen atoms in total. The van der Waals surface area contributed by atoms with Crippen molar-refractivity contribution < 1.29 is 4.63 Å². The largest absolute Gasteiger partial charge is 0.243 e. The highest BCUT2D eigenvalue weighted by molar-refractivity contribution is 5.73. The SMILES string of the molecule is CC(C)c1ccc2nonc2c1. The molecule has 12 heavy (non-hydrogen) atoms. The zero-order chi connectivity index (χ0) is 8.55. The van der Waals surface area contributed by atoms with Crippen molar-refractivity contribution in [2.24, 2.45) is 0 Å². The van der Waals surface area contributed by atoms with E-state index in [1.807, 2.05) is 12.1 Å². The maximum absolute atomic E-state index is 4.60.